The van der Waals surface area contributed by atoms with Crippen LogP contribution in [0.4, 0.5) is 5.69 Å². The van der Waals surface area contributed by atoms with Crippen LogP contribution in [0, 0.1) is 6.92 Å². The van der Waals surface area contributed by atoms with Gasteiger partial charge in [-0.15, -0.1) is 0 Å². The number of anilines is 1. The highest BCUT2D eigenvalue weighted by Crippen LogP contribution is 2.46. The quantitative estimate of drug-likeness (QED) is 0.219. The van der Waals surface area contributed by atoms with Gasteiger partial charge in [0, 0.05) is 6.42 Å². The SMILES string of the molecule is Cc1cc2c(cc1Cc1ccc(C(=O)Nc3ccccc3C(=O)OC/C=C/c3ccccc3)o1)C(C)(C)CCC2(C)C. The van der Waals surface area contributed by atoms with E-state index in [2.05, 4.69) is 52.1 Å². The van der Waals surface area contributed by atoms with Gasteiger partial charge in [-0.25, -0.2) is 4.79 Å². The van der Waals surface area contributed by atoms with Gasteiger partial charge in [-0.05, 0) is 88.8 Å². The average molecular weight is 562 g/mol. The molecule has 0 atom stereocenters. The molecule has 1 aromatic heterocycles. The number of fused-ring (bicyclic) bond motifs is 1. The molecule has 1 N–H and O–H groups in total. The van der Waals surface area contributed by atoms with Crippen molar-refractivity contribution >= 4 is 23.6 Å². The number of aryl methyl sites for hydroxylation is 1. The lowest BCUT2D eigenvalue weighted by Crippen LogP contribution is -2.34. The Morgan fingerprint density at radius 2 is 1.55 bits per heavy atom. The number of carbonyl (C=O) groups is 2. The number of rotatable bonds is 8. The van der Waals surface area contributed by atoms with Crippen LogP contribution in [0.1, 0.15) is 95.0 Å². The minimum atomic E-state index is -0.516. The number of ether oxygens (including phenoxy) is 1. The van der Waals surface area contributed by atoms with E-state index in [-0.39, 0.29) is 28.8 Å². The summed E-state index contributed by atoms with van der Waals surface area (Å²) in [6.07, 6.45) is 6.60. The number of hydrogen-bond donors (Lipinski definition) is 1. The van der Waals surface area contributed by atoms with Crippen molar-refractivity contribution in [2.75, 3.05) is 11.9 Å². The fourth-order valence-electron chi connectivity index (χ4n) is 5.64. The molecule has 0 saturated heterocycles. The van der Waals surface area contributed by atoms with E-state index in [4.69, 9.17) is 9.15 Å². The number of hydrogen-bond acceptors (Lipinski definition) is 4. The van der Waals surface area contributed by atoms with Crippen molar-refractivity contribution in [3.05, 3.63) is 130 Å². The number of nitrogens with one attached hydrogen (secondary N) is 1. The van der Waals surface area contributed by atoms with Crippen LogP contribution in [0.15, 0.2) is 89.4 Å². The number of carbonyl (C=O) groups excluding carboxylic acids is 2. The summed E-state index contributed by atoms with van der Waals surface area (Å²) >= 11 is 0. The molecule has 5 rings (SSSR count). The molecule has 0 unspecified atom stereocenters. The molecule has 1 aliphatic carbocycles. The smallest absolute Gasteiger partial charge is 0.340 e. The van der Waals surface area contributed by atoms with Gasteiger partial charge < -0.3 is 14.5 Å². The molecule has 0 spiro atoms. The van der Waals surface area contributed by atoms with Crippen molar-refractivity contribution in [3.63, 3.8) is 0 Å². The molecule has 0 radical (unpaired) electrons. The summed E-state index contributed by atoms with van der Waals surface area (Å²) in [5.74, 6) is -0.0294. The zero-order chi connectivity index (χ0) is 29.9. The van der Waals surface area contributed by atoms with Crippen molar-refractivity contribution in [1.29, 1.82) is 0 Å². The maximum Gasteiger partial charge on any atom is 0.340 e. The van der Waals surface area contributed by atoms with Crippen molar-refractivity contribution < 1.29 is 18.7 Å². The first-order valence-corrected chi connectivity index (χ1v) is 14.6. The predicted molar refractivity (Wildman–Crippen MR) is 168 cm³/mol. The van der Waals surface area contributed by atoms with Crippen LogP contribution >= 0.6 is 0 Å². The second-order valence-corrected chi connectivity index (χ2v) is 12.4. The molecular formula is C37H39NO4. The van der Waals surface area contributed by atoms with Crippen LogP contribution in [0.5, 0.6) is 0 Å². The molecule has 0 fully saturated rings. The fourth-order valence-corrected chi connectivity index (χ4v) is 5.64. The molecule has 3 aromatic carbocycles. The Labute approximate surface area is 248 Å². The molecule has 5 heteroatoms. The van der Waals surface area contributed by atoms with Crippen molar-refractivity contribution in [1.82, 2.24) is 0 Å². The largest absolute Gasteiger partial charge is 0.458 e. The Morgan fingerprint density at radius 3 is 2.29 bits per heavy atom. The normalized spacial score (nSPS) is 15.3. The first-order chi connectivity index (χ1) is 20.0. The van der Waals surface area contributed by atoms with Crippen molar-refractivity contribution in [3.8, 4) is 0 Å². The van der Waals surface area contributed by atoms with Crippen LogP contribution in [-0.2, 0) is 22.0 Å². The van der Waals surface area contributed by atoms with E-state index >= 15 is 0 Å². The summed E-state index contributed by atoms with van der Waals surface area (Å²) in [5.41, 5.74) is 7.22. The lowest BCUT2D eigenvalue weighted by Gasteiger charge is -2.42. The summed E-state index contributed by atoms with van der Waals surface area (Å²) < 4.78 is 11.4. The Hall–Kier alpha value is -4.38. The zero-order valence-corrected chi connectivity index (χ0v) is 25.1. The van der Waals surface area contributed by atoms with Gasteiger partial charge in [0.1, 0.15) is 12.4 Å². The van der Waals surface area contributed by atoms with Gasteiger partial charge in [0.2, 0.25) is 0 Å². The van der Waals surface area contributed by atoms with Gasteiger partial charge in [-0.2, -0.15) is 0 Å². The maximum absolute atomic E-state index is 13.1. The molecule has 0 bridgehead atoms. The van der Waals surface area contributed by atoms with Gasteiger partial charge in [0.05, 0.1) is 11.3 Å². The molecule has 5 nitrogen and oxygen atoms in total. The van der Waals surface area contributed by atoms with E-state index in [0.717, 1.165) is 12.0 Å². The third kappa shape index (κ3) is 6.41. The summed E-state index contributed by atoms with van der Waals surface area (Å²) in [6, 6.07) is 24.8. The molecular weight excluding hydrogens is 522 g/mol. The van der Waals surface area contributed by atoms with E-state index < -0.39 is 11.9 Å². The molecule has 0 saturated carbocycles. The minimum Gasteiger partial charge on any atom is -0.458 e. The number of amides is 1. The number of para-hydroxylation sites is 1. The lowest BCUT2D eigenvalue weighted by atomic mass is 9.62. The Kier molecular flexibility index (Phi) is 8.22. The Balaban J connectivity index is 1.26. The first kappa shape index (κ1) is 29.1. The highest BCUT2D eigenvalue weighted by atomic mass is 16.5. The van der Waals surface area contributed by atoms with Crippen LogP contribution in [0.25, 0.3) is 6.08 Å². The van der Waals surface area contributed by atoms with Crippen molar-refractivity contribution in [2.45, 2.75) is 64.7 Å². The lowest BCUT2D eigenvalue weighted by molar-refractivity contribution is 0.0551. The van der Waals surface area contributed by atoms with Crippen LogP contribution in [0.2, 0.25) is 0 Å². The van der Waals surface area contributed by atoms with E-state index in [9.17, 15) is 9.59 Å². The molecule has 1 aliphatic rings. The van der Waals surface area contributed by atoms with E-state index in [1.165, 1.54) is 28.7 Å². The minimum absolute atomic E-state index is 0.119. The van der Waals surface area contributed by atoms with Gasteiger partial charge in [0.25, 0.3) is 5.91 Å². The highest BCUT2D eigenvalue weighted by Gasteiger charge is 2.37. The first-order valence-electron chi connectivity index (χ1n) is 14.6. The van der Waals surface area contributed by atoms with Crippen LogP contribution < -0.4 is 5.32 Å². The second kappa shape index (κ2) is 11.8. The summed E-state index contributed by atoms with van der Waals surface area (Å²) in [6.45, 7) is 11.6. The molecule has 4 aromatic rings. The summed E-state index contributed by atoms with van der Waals surface area (Å²) in [5, 5.41) is 2.82. The molecule has 216 valence electrons. The van der Waals surface area contributed by atoms with Gasteiger partial charge in [-0.1, -0.05) is 88.4 Å². The van der Waals surface area contributed by atoms with E-state index in [0.29, 0.717) is 17.9 Å². The van der Waals surface area contributed by atoms with Crippen LogP contribution in [-0.4, -0.2) is 18.5 Å². The molecule has 1 heterocycles. The van der Waals surface area contributed by atoms with Gasteiger partial charge in [0.15, 0.2) is 5.76 Å². The number of benzene rings is 3. The summed E-state index contributed by atoms with van der Waals surface area (Å²) in [7, 11) is 0. The van der Waals surface area contributed by atoms with Gasteiger partial charge >= 0.3 is 5.97 Å². The van der Waals surface area contributed by atoms with E-state index in [1.54, 1.807) is 36.4 Å². The molecule has 42 heavy (non-hydrogen) atoms. The zero-order valence-electron chi connectivity index (χ0n) is 25.1. The Bertz CT molecular complexity index is 1620. The van der Waals surface area contributed by atoms with E-state index in [1.807, 2.05) is 42.5 Å². The van der Waals surface area contributed by atoms with Gasteiger partial charge in [-0.3, -0.25) is 4.79 Å². The fraction of sp³-hybridized carbons (Fsp3) is 0.297. The molecule has 1 amide bonds. The number of esters is 1. The monoisotopic (exact) mass is 561 g/mol. The van der Waals surface area contributed by atoms with Crippen molar-refractivity contribution in [2.24, 2.45) is 0 Å². The highest BCUT2D eigenvalue weighted by molar-refractivity contribution is 6.06. The summed E-state index contributed by atoms with van der Waals surface area (Å²) in [4.78, 5) is 25.9. The average Bonchev–Trinajstić information content (AvgIpc) is 3.44. The third-order valence-corrected chi connectivity index (χ3v) is 8.38. The second-order valence-electron chi connectivity index (χ2n) is 12.4. The maximum atomic E-state index is 13.1. The third-order valence-electron chi connectivity index (χ3n) is 8.38. The van der Waals surface area contributed by atoms with Crippen LogP contribution in [0.3, 0.4) is 0 Å². The topological polar surface area (TPSA) is 68.5 Å². The Morgan fingerprint density at radius 1 is 0.881 bits per heavy atom. The number of furan rings is 1. The standard InChI is InChI=1S/C37H39NO4/c1-25-22-30-31(37(4,5)20-19-36(30,2)3)24-27(25)23-28-17-18-33(42-28)34(39)38-32-16-10-9-15-29(32)35(40)41-21-11-14-26-12-7-6-8-13-26/h6-18,22,24H,19-21,23H2,1-5H3,(H,38,39)/b14-11+. The predicted octanol–water partition coefficient (Wildman–Crippen LogP) is 8.65. The molecule has 0 aliphatic heterocycles.